The number of pyridine rings is 1. The smallest absolute Gasteiger partial charge is 0.312 e. The molecule has 0 saturated heterocycles. The first-order valence-corrected chi connectivity index (χ1v) is 8.36. The molecular weight excluding hydrogens is 310 g/mol. The van der Waals surface area contributed by atoms with Gasteiger partial charge in [-0.1, -0.05) is 6.07 Å². The molecule has 1 aliphatic rings. The van der Waals surface area contributed by atoms with Gasteiger partial charge in [0.25, 0.3) is 0 Å². The first-order valence-electron chi connectivity index (χ1n) is 7.55. The highest BCUT2D eigenvalue weighted by atomic mass is 32.1. The molecule has 23 heavy (non-hydrogen) atoms. The minimum absolute atomic E-state index is 0.451. The number of imidazole rings is 1. The lowest BCUT2D eigenvalue weighted by molar-refractivity contribution is -0.139. The number of aryl methyl sites for hydroxylation is 1. The molecule has 5 nitrogen and oxygen atoms in total. The number of nitrogens with zero attached hydrogens (tertiary/aromatic N) is 3. The van der Waals surface area contributed by atoms with Gasteiger partial charge in [0.1, 0.15) is 10.7 Å². The van der Waals surface area contributed by atoms with Crippen LogP contribution in [0.15, 0.2) is 30.6 Å². The lowest BCUT2D eigenvalue weighted by Gasteiger charge is -2.16. The summed E-state index contributed by atoms with van der Waals surface area (Å²) >= 11 is 1.59. The number of carbonyl (C=O) groups is 1. The van der Waals surface area contributed by atoms with E-state index in [1.807, 2.05) is 47.1 Å². The van der Waals surface area contributed by atoms with Crippen molar-refractivity contribution in [1.82, 2.24) is 14.4 Å². The second-order valence-electron chi connectivity index (χ2n) is 5.59. The summed E-state index contributed by atoms with van der Waals surface area (Å²) in [5.74, 6) is -1.22. The number of hydrogen-bond acceptors (Lipinski definition) is 4. The van der Waals surface area contributed by atoms with Crippen molar-refractivity contribution in [2.75, 3.05) is 0 Å². The van der Waals surface area contributed by atoms with Crippen molar-refractivity contribution in [2.45, 2.75) is 25.2 Å². The minimum Gasteiger partial charge on any atom is -0.481 e. The van der Waals surface area contributed by atoms with Gasteiger partial charge < -0.3 is 9.51 Å². The number of aromatic nitrogens is 3. The molecule has 0 aliphatic heterocycles. The van der Waals surface area contributed by atoms with Gasteiger partial charge in [-0.3, -0.25) is 4.79 Å². The Labute approximate surface area is 137 Å². The zero-order valence-electron chi connectivity index (χ0n) is 12.3. The van der Waals surface area contributed by atoms with Crippen LogP contribution < -0.4 is 0 Å². The van der Waals surface area contributed by atoms with E-state index in [4.69, 9.17) is 0 Å². The first-order chi connectivity index (χ1) is 11.2. The Morgan fingerprint density at radius 3 is 3.17 bits per heavy atom. The van der Waals surface area contributed by atoms with Gasteiger partial charge in [0.2, 0.25) is 0 Å². The predicted molar refractivity (Wildman–Crippen MR) is 89.5 cm³/mol. The third-order valence-electron chi connectivity index (χ3n) is 4.11. The van der Waals surface area contributed by atoms with Crippen molar-refractivity contribution in [3.8, 4) is 0 Å². The van der Waals surface area contributed by atoms with E-state index in [1.165, 1.54) is 0 Å². The minimum atomic E-state index is -0.770. The van der Waals surface area contributed by atoms with Crippen molar-refractivity contribution >= 4 is 35.1 Å². The summed E-state index contributed by atoms with van der Waals surface area (Å²) in [4.78, 5) is 21.4. The fourth-order valence-electron chi connectivity index (χ4n) is 2.98. The molecule has 0 radical (unpaired) electrons. The van der Waals surface area contributed by atoms with E-state index < -0.39 is 11.9 Å². The second-order valence-corrected chi connectivity index (χ2v) is 6.70. The van der Waals surface area contributed by atoms with Crippen molar-refractivity contribution in [2.24, 2.45) is 0 Å². The van der Waals surface area contributed by atoms with Gasteiger partial charge in [0.15, 0.2) is 0 Å². The molecule has 3 heterocycles. The van der Waals surface area contributed by atoms with Crippen molar-refractivity contribution in [1.29, 1.82) is 0 Å². The molecule has 0 aromatic carbocycles. The summed E-state index contributed by atoms with van der Waals surface area (Å²) in [6.45, 7) is 0. The molecule has 1 unspecified atom stereocenters. The summed E-state index contributed by atoms with van der Waals surface area (Å²) in [7, 11) is 0. The largest absolute Gasteiger partial charge is 0.481 e. The van der Waals surface area contributed by atoms with Gasteiger partial charge in [-0.15, -0.1) is 11.3 Å². The van der Waals surface area contributed by atoms with Gasteiger partial charge >= 0.3 is 5.97 Å². The molecule has 0 fully saturated rings. The van der Waals surface area contributed by atoms with Crippen LogP contribution in [0.25, 0.3) is 17.8 Å². The Morgan fingerprint density at radius 1 is 1.39 bits per heavy atom. The molecule has 0 bridgehead atoms. The Morgan fingerprint density at radius 2 is 2.30 bits per heavy atom. The molecule has 1 atom stereocenters. The monoisotopic (exact) mass is 325 g/mol. The third-order valence-corrected chi connectivity index (χ3v) is 5.21. The van der Waals surface area contributed by atoms with Crippen molar-refractivity contribution in [3.05, 3.63) is 51.9 Å². The number of thiazole rings is 1. The summed E-state index contributed by atoms with van der Waals surface area (Å²) in [6, 6.07) is 5.87. The Hall–Kier alpha value is -2.47. The van der Waals surface area contributed by atoms with E-state index in [0.29, 0.717) is 6.42 Å². The highest BCUT2D eigenvalue weighted by Crippen LogP contribution is 2.35. The quantitative estimate of drug-likeness (QED) is 0.801. The fraction of sp³-hybridized carbons (Fsp3) is 0.235. The van der Waals surface area contributed by atoms with E-state index >= 15 is 0 Å². The van der Waals surface area contributed by atoms with Gasteiger partial charge in [-0.25, -0.2) is 9.97 Å². The maximum Gasteiger partial charge on any atom is 0.312 e. The van der Waals surface area contributed by atoms with E-state index in [2.05, 4.69) is 9.97 Å². The van der Waals surface area contributed by atoms with Crippen LogP contribution in [0.1, 0.15) is 40.0 Å². The number of carboxylic acids is 1. The molecule has 6 heteroatoms. The Kier molecular flexibility index (Phi) is 3.46. The summed E-state index contributed by atoms with van der Waals surface area (Å²) in [5, 5.41) is 10.2. The van der Waals surface area contributed by atoms with E-state index in [1.54, 1.807) is 11.3 Å². The maximum absolute atomic E-state index is 11.4. The average molecular weight is 325 g/mol. The van der Waals surface area contributed by atoms with Crippen molar-refractivity contribution in [3.63, 3.8) is 0 Å². The number of aliphatic carboxylic acids is 1. The molecule has 1 aliphatic carbocycles. The second kappa shape index (κ2) is 5.62. The lowest BCUT2D eigenvalue weighted by atomic mass is 9.91. The van der Waals surface area contributed by atoms with Crippen LogP contribution in [0.4, 0.5) is 0 Å². The maximum atomic E-state index is 11.4. The lowest BCUT2D eigenvalue weighted by Crippen LogP contribution is -2.17. The SMILES string of the molecule is O=C(O)C1CCCc2sc(/C=C/c3cnc4ccccn34)nc21. The van der Waals surface area contributed by atoms with Crippen LogP contribution in [0.5, 0.6) is 0 Å². The van der Waals surface area contributed by atoms with Crippen LogP contribution >= 0.6 is 11.3 Å². The van der Waals surface area contributed by atoms with Crippen LogP contribution in [-0.4, -0.2) is 25.4 Å². The van der Waals surface area contributed by atoms with E-state index in [-0.39, 0.29) is 0 Å². The summed E-state index contributed by atoms with van der Waals surface area (Å²) in [6.07, 6.45) is 10.2. The Balaban J connectivity index is 1.66. The first kappa shape index (κ1) is 14.1. The highest BCUT2D eigenvalue weighted by molar-refractivity contribution is 7.12. The number of fused-ring (bicyclic) bond motifs is 2. The van der Waals surface area contributed by atoms with Gasteiger partial charge in [-0.2, -0.15) is 0 Å². The molecule has 3 aromatic heterocycles. The number of hydrogen-bond donors (Lipinski definition) is 1. The van der Waals surface area contributed by atoms with Gasteiger partial charge in [-0.05, 0) is 43.5 Å². The number of carboxylic acid groups (broad SMARTS) is 1. The van der Waals surface area contributed by atoms with Crippen LogP contribution in [-0.2, 0) is 11.2 Å². The Bertz CT molecular complexity index is 910. The topological polar surface area (TPSA) is 67.5 Å². The molecule has 116 valence electrons. The molecule has 4 rings (SSSR count). The van der Waals surface area contributed by atoms with E-state index in [0.717, 1.165) is 39.8 Å². The fourth-order valence-corrected chi connectivity index (χ4v) is 4.05. The molecule has 0 spiro atoms. The molecule has 0 amide bonds. The van der Waals surface area contributed by atoms with Gasteiger partial charge in [0.05, 0.1) is 23.5 Å². The number of rotatable bonds is 3. The molecule has 0 saturated carbocycles. The van der Waals surface area contributed by atoms with Crippen LogP contribution in [0.3, 0.4) is 0 Å². The van der Waals surface area contributed by atoms with Crippen LogP contribution in [0.2, 0.25) is 0 Å². The molecule has 1 N–H and O–H groups in total. The van der Waals surface area contributed by atoms with Crippen molar-refractivity contribution < 1.29 is 9.90 Å². The summed E-state index contributed by atoms with van der Waals surface area (Å²) < 4.78 is 2.00. The zero-order valence-corrected chi connectivity index (χ0v) is 13.2. The predicted octanol–water partition coefficient (Wildman–Crippen LogP) is 3.47. The third kappa shape index (κ3) is 2.55. The van der Waals surface area contributed by atoms with E-state index in [9.17, 15) is 9.90 Å². The highest BCUT2D eigenvalue weighted by Gasteiger charge is 2.29. The normalized spacial score (nSPS) is 17.7. The molecule has 3 aromatic rings. The zero-order chi connectivity index (χ0) is 15.8. The summed E-state index contributed by atoms with van der Waals surface area (Å²) in [5.41, 5.74) is 2.63. The average Bonchev–Trinajstić information content (AvgIpc) is 3.16. The van der Waals surface area contributed by atoms with Gasteiger partial charge in [0, 0.05) is 11.1 Å². The van der Waals surface area contributed by atoms with Crippen LogP contribution in [0, 0.1) is 0 Å². The standard InChI is InChI=1S/C17H15N3O2S/c21-17(22)12-4-3-5-13-16(12)19-15(23-13)8-7-11-10-18-14-6-1-2-9-20(11)14/h1-2,6-10,12H,3-5H2,(H,21,22)/b8-7+. The molecular formula is C17H15N3O2S.